The van der Waals surface area contributed by atoms with Crippen LogP contribution in [0.4, 0.5) is 0 Å². The summed E-state index contributed by atoms with van der Waals surface area (Å²) in [5, 5.41) is 13.9. The van der Waals surface area contributed by atoms with Gasteiger partial charge >= 0.3 is 0 Å². The van der Waals surface area contributed by atoms with Gasteiger partial charge in [-0.15, -0.1) is 0 Å². The minimum atomic E-state index is -1.84. The number of ketones is 2. The Labute approximate surface area is 190 Å². The van der Waals surface area contributed by atoms with E-state index in [1.165, 1.54) is 27.2 Å². The van der Waals surface area contributed by atoms with Gasteiger partial charge in [0.05, 0.1) is 26.3 Å². The summed E-state index contributed by atoms with van der Waals surface area (Å²) in [5.74, 6) is -1.86. The molecule has 32 heavy (non-hydrogen) atoms. The number of aliphatic imine (C=N–C) groups is 1. The highest BCUT2D eigenvalue weighted by Crippen LogP contribution is 2.54. The second-order valence-electron chi connectivity index (χ2n) is 7.67. The molecule has 1 aromatic rings. The molecule has 0 saturated carbocycles. The van der Waals surface area contributed by atoms with Gasteiger partial charge in [-0.1, -0.05) is 18.5 Å². The largest absolute Gasteiger partial charge is 0.507 e. The lowest BCUT2D eigenvalue weighted by molar-refractivity contribution is -0.119. The highest BCUT2D eigenvalue weighted by molar-refractivity contribution is 6.35. The number of ether oxygens (including phenoxy) is 3. The van der Waals surface area contributed by atoms with Gasteiger partial charge in [-0.2, -0.15) is 0 Å². The van der Waals surface area contributed by atoms with Crippen LogP contribution in [0.2, 0.25) is 5.02 Å². The van der Waals surface area contributed by atoms with Crippen LogP contribution in [-0.4, -0.2) is 61.2 Å². The number of carbonyl (C=O) groups excluding carboxylic acids is 3. The third kappa shape index (κ3) is 3.60. The maximum Gasteiger partial charge on any atom is 0.231 e. The van der Waals surface area contributed by atoms with Crippen molar-refractivity contribution in [1.29, 1.82) is 0 Å². The average molecular weight is 465 g/mol. The van der Waals surface area contributed by atoms with Crippen molar-refractivity contribution >= 4 is 34.8 Å². The fourth-order valence-electron chi connectivity index (χ4n) is 4.06. The first-order valence-electron chi connectivity index (χ1n) is 10.0. The predicted octanol–water partition coefficient (Wildman–Crippen LogP) is 2.69. The predicted molar refractivity (Wildman–Crippen MR) is 117 cm³/mol. The summed E-state index contributed by atoms with van der Waals surface area (Å²) in [6, 6.07) is 1.47. The van der Waals surface area contributed by atoms with E-state index in [4.69, 9.17) is 25.8 Å². The van der Waals surface area contributed by atoms with E-state index in [1.54, 1.807) is 13.8 Å². The Balaban J connectivity index is 2.12. The van der Waals surface area contributed by atoms with Crippen LogP contribution in [-0.2, 0) is 9.59 Å². The minimum absolute atomic E-state index is 0.0280. The van der Waals surface area contributed by atoms with E-state index >= 15 is 0 Å². The highest BCUT2D eigenvalue weighted by atomic mass is 35.5. The number of nitrogens with one attached hydrogen (secondary N) is 1. The molecule has 1 amide bonds. The Hall–Kier alpha value is -3.07. The zero-order valence-corrected chi connectivity index (χ0v) is 19.3. The van der Waals surface area contributed by atoms with Crippen molar-refractivity contribution in [2.24, 2.45) is 10.9 Å². The number of fused-ring (bicyclic) bond motifs is 1. The van der Waals surface area contributed by atoms with Crippen LogP contribution < -0.4 is 19.5 Å². The number of nitrogens with zero attached hydrogens (tertiary/aromatic N) is 1. The fourth-order valence-corrected chi connectivity index (χ4v) is 4.33. The van der Waals surface area contributed by atoms with Crippen molar-refractivity contribution in [2.45, 2.75) is 32.8 Å². The van der Waals surface area contributed by atoms with Crippen LogP contribution in [0.25, 0.3) is 0 Å². The molecule has 2 atom stereocenters. The summed E-state index contributed by atoms with van der Waals surface area (Å²) in [6.07, 6.45) is -0.0469. The molecular weight excluding hydrogens is 440 g/mol. The first-order chi connectivity index (χ1) is 15.1. The molecule has 172 valence electrons. The molecular formula is C22H25ClN2O7. The number of halogens is 1. The van der Waals surface area contributed by atoms with E-state index in [2.05, 4.69) is 10.3 Å². The molecule has 10 heteroatoms. The summed E-state index contributed by atoms with van der Waals surface area (Å²) < 4.78 is 16.7. The van der Waals surface area contributed by atoms with Gasteiger partial charge < -0.3 is 24.6 Å². The number of hydrogen-bond donors (Lipinski definition) is 2. The van der Waals surface area contributed by atoms with E-state index in [9.17, 15) is 19.5 Å². The lowest BCUT2D eigenvalue weighted by atomic mass is 9.72. The third-order valence-corrected chi connectivity index (χ3v) is 6.03. The Morgan fingerprint density at radius 2 is 1.97 bits per heavy atom. The van der Waals surface area contributed by atoms with E-state index < -0.39 is 23.1 Å². The number of methoxy groups -OCH3 is 2. The number of aliphatic hydroxyl groups excluding tert-OH is 1. The third-order valence-electron chi connectivity index (χ3n) is 5.67. The Morgan fingerprint density at radius 3 is 2.56 bits per heavy atom. The number of amides is 1. The highest BCUT2D eigenvalue weighted by Gasteiger charge is 2.61. The molecule has 1 aromatic carbocycles. The topological polar surface area (TPSA) is 124 Å². The van der Waals surface area contributed by atoms with Crippen molar-refractivity contribution in [1.82, 2.24) is 5.32 Å². The van der Waals surface area contributed by atoms with Gasteiger partial charge in [0.2, 0.25) is 17.3 Å². The molecule has 2 N–H and O–H groups in total. The van der Waals surface area contributed by atoms with Crippen LogP contribution in [0, 0.1) is 5.92 Å². The minimum Gasteiger partial charge on any atom is -0.507 e. The molecule has 0 unspecified atom stereocenters. The van der Waals surface area contributed by atoms with Gasteiger partial charge in [-0.25, -0.2) is 0 Å². The van der Waals surface area contributed by atoms with Gasteiger partial charge in [-0.3, -0.25) is 19.4 Å². The lowest BCUT2D eigenvalue weighted by Gasteiger charge is -2.37. The quantitative estimate of drug-likeness (QED) is 0.490. The zero-order chi connectivity index (χ0) is 23.8. The van der Waals surface area contributed by atoms with Crippen molar-refractivity contribution in [3.8, 4) is 17.2 Å². The van der Waals surface area contributed by atoms with Crippen molar-refractivity contribution in [3.05, 3.63) is 28.0 Å². The van der Waals surface area contributed by atoms with Crippen molar-refractivity contribution in [2.75, 3.05) is 27.3 Å². The lowest BCUT2D eigenvalue weighted by Crippen LogP contribution is -2.53. The van der Waals surface area contributed by atoms with E-state index in [0.717, 1.165) is 0 Å². The Bertz CT molecular complexity index is 1060. The number of carbonyl (C=O) groups is 3. The first kappa shape index (κ1) is 23.6. The van der Waals surface area contributed by atoms with Gasteiger partial charge in [-0.05, 0) is 6.92 Å². The maximum absolute atomic E-state index is 13.6. The van der Waals surface area contributed by atoms with Gasteiger partial charge in [0.25, 0.3) is 0 Å². The number of Topliss-reactive ketones (excluding diaryl/α,β-unsaturated/α-hetero) is 2. The first-order valence-corrected chi connectivity index (χ1v) is 10.4. The number of allylic oxidation sites excluding steroid dienone is 1. The molecule has 1 aliphatic carbocycles. The number of rotatable bonds is 6. The molecule has 2 aliphatic rings. The molecule has 1 spiro atoms. The molecule has 0 fully saturated rings. The molecule has 0 saturated heterocycles. The van der Waals surface area contributed by atoms with E-state index in [-0.39, 0.29) is 70.3 Å². The van der Waals surface area contributed by atoms with Crippen LogP contribution in [0.1, 0.15) is 37.6 Å². The van der Waals surface area contributed by atoms with Crippen LogP contribution in [0.5, 0.6) is 17.2 Å². The van der Waals surface area contributed by atoms with E-state index in [1.807, 2.05) is 0 Å². The van der Waals surface area contributed by atoms with Crippen LogP contribution in [0.15, 0.2) is 22.4 Å². The Morgan fingerprint density at radius 1 is 1.31 bits per heavy atom. The van der Waals surface area contributed by atoms with Gasteiger partial charge in [0.1, 0.15) is 22.1 Å². The normalized spacial score (nSPS) is 22.7. The van der Waals surface area contributed by atoms with E-state index in [0.29, 0.717) is 0 Å². The van der Waals surface area contributed by atoms with Gasteiger partial charge in [0, 0.05) is 37.6 Å². The van der Waals surface area contributed by atoms with Crippen molar-refractivity contribution in [3.63, 3.8) is 0 Å². The fraction of sp³-hybridized carbons (Fsp3) is 0.455. The van der Waals surface area contributed by atoms with Crippen LogP contribution in [0.3, 0.4) is 0 Å². The molecule has 9 nitrogen and oxygen atoms in total. The monoisotopic (exact) mass is 464 g/mol. The molecule has 1 aliphatic heterocycles. The Kier molecular flexibility index (Phi) is 6.50. The smallest absolute Gasteiger partial charge is 0.231 e. The molecule has 3 rings (SSSR count). The summed E-state index contributed by atoms with van der Waals surface area (Å²) >= 11 is 6.40. The molecule has 1 heterocycles. The SMILES string of the molecule is COc1cc(OC)c2c(c1Cl)O[C@]1(C2=O)C(O)=C(C(C)=NCCNC(C)=O)C(=O)C[C@H]1C. The second kappa shape index (κ2) is 8.82. The summed E-state index contributed by atoms with van der Waals surface area (Å²) in [6.45, 7) is 5.06. The maximum atomic E-state index is 13.6. The summed E-state index contributed by atoms with van der Waals surface area (Å²) in [5.41, 5.74) is -1.60. The number of hydrogen-bond acceptors (Lipinski definition) is 8. The standard InChI is InChI=1S/C22H25ClN2O7/c1-10-8-13(27)16(11(2)24-6-7-25-12(3)26)20(28)22(10)21(29)17-14(30-4)9-15(31-5)18(23)19(17)32-22/h9-10,28H,6-8H2,1-5H3,(H,25,26)/t10-,22+/m1/s1. The zero-order valence-electron chi connectivity index (χ0n) is 18.5. The summed E-state index contributed by atoms with van der Waals surface area (Å²) in [7, 11) is 2.81. The summed E-state index contributed by atoms with van der Waals surface area (Å²) in [4.78, 5) is 41.7. The van der Waals surface area contributed by atoms with Crippen molar-refractivity contribution < 1.29 is 33.7 Å². The number of aliphatic hydroxyl groups is 1. The molecule has 0 radical (unpaired) electrons. The molecule has 0 bridgehead atoms. The average Bonchev–Trinajstić information content (AvgIpc) is 3.05. The second-order valence-corrected chi connectivity index (χ2v) is 8.05. The van der Waals surface area contributed by atoms with Crippen LogP contribution >= 0.6 is 11.6 Å². The molecule has 0 aromatic heterocycles. The van der Waals surface area contributed by atoms with Gasteiger partial charge in [0.15, 0.2) is 17.3 Å². The number of benzene rings is 1.